The van der Waals surface area contributed by atoms with Crippen LogP contribution in [-0.4, -0.2) is 6.54 Å². The largest absolute Gasteiger partial charge is 0.397 e. The molecular formula is C19H21N3. The van der Waals surface area contributed by atoms with Crippen LogP contribution in [-0.2, 0) is 6.42 Å². The van der Waals surface area contributed by atoms with E-state index < -0.39 is 0 Å². The Kier molecular flexibility index (Phi) is 4.15. The van der Waals surface area contributed by atoms with Crippen molar-refractivity contribution in [3.63, 3.8) is 0 Å². The third kappa shape index (κ3) is 2.98. The fourth-order valence-electron chi connectivity index (χ4n) is 2.73. The van der Waals surface area contributed by atoms with Crippen LogP contribution in [0.4, 0.5) is 17.1 Å². The van der Waals surface area contributed by atoms with Gasteiger partial charge in [-0.3, -0.25) is 0 Å². The molecule has 0 amide bonds. The Bertz CT molecular complexity index is 755. The molecule has 0 spiro atoms. The number of benzene rings is 3. The molecule has 0 fully saturated rings. The predicted octanol–water partition coefficient (Wildman–Crippen LogP) is 4.05. The van der Waals surface area contributed by atoms with Crippen LogP contribution < -0.4 is 16.8 Å². The van der Waals surface area contributed by atoms with Gasteiger partial charge in [0.25, 0.3) is 0 Å². The van der Waals surface area contributed by atoms with Gasteiger partial charge in [0.2, 0.25) is 0 Å². The molecule has 0 unspecified atom stereocenters. The zero-order chi connectivity index (χ0) is 15.4. The molecule has 1 aliphatic rings. The molecule has 0 bridgehead atoms. The zero-order valence-electron chi connectivity index (χ0n) is 12.5. The Hall–Kier alpha value is -2.68. The molecule has 0 saturated carbocycles. The van der Waals surface area contributed by atoms with E-state index in [1.807, 2.05) is 36.4 Å². The lowest BCUT2D eigenvalue weighted by Gasteiger charge is -2.16. The summed E-state index contributed by atoms with van der Waals surface area (Å²) in [5.41, 5.74) is 15.6. The van der Waals surface area contributed by atoms with Crippen LogP contribution in [0.5, 0.6) is 0 Å². The van der Waals surface area contributed by atoms with Gasteiger partial charge in [-0.2, -0.15) is 0 Å². The van der Waals surface area contributed by atoms with Crippen molar-refractivity contribution in [3.8, 4) is 0 Å². The van der Waals surface area contributed by atoms with Gasteiger partial charge in [-0.25, -0.2) is 0 Å². The summed E-state index contributed by atoms with van der Waals surface area (Å²) in [6, 6.07) is 20.3. The van der Waals surface area contributed by atoms with Crippen molar-refractivity contribution in [1.82, 2.24) is 0 Å². The molecule has 5 N–H and O–H groups in total. The number of hydrogen-bond donors (Lipinski definition) is 3. The average Bonchev–Trinajstić information content (AvgIpc) is 2.59. The Balaban J connectivity index is 0.000000133. The highest BCUT2D eigenvalue weighted by atomic mass is 14.9. The minimum absolute atomic E-state index is 0.647. The van der Waals surface area contributed by atoms with Crippen molar-refractivity contribution in [2.45, 2.75) is 12.8 Å². The van der Waals surface area contributed by atoms with Gasteiger partial charge >= 0.3 is 0 Å². The van der Waals surface area contributed by atoms with E-state index in [4.69, 9.17) is 11.5 Å². The average molecular weight is 291 g/mol. The van der Waals surface area contributed by atoms with Crippen LogP contribution in [0.3, 0.4) is 0 Å². The second kappa shape index (κ2) is 6.39. The second-order valence-corrected chi connectivity index (χ2v) is 5.48. The number of fused-ring (bicyclic) bond motifs is 2. The van der Waals surface area contributed by atoms with E-state index in [1.54, 1.807) is 0 Å². The third-order valence-electron chi connectivity index (χ3n) is 3.96. The van der Waals surface area contributed by atoms with E-state index in [0.29, 0.717) is 11.4 Å². The molecule has 22 heavy (non-hydrogen) atoms. The Labute approximate surface area is 130 Å². The summed E-state index contributed by atoms with van der Waals surface area (Å²) >= 11 is 0. The number of rotatable bonds is 0. The van der Waals surface area contributed by atoms with Crippen LogP contribution in [0.25, 0.3) is 10.8 Å². The molecule has 0 atom stereocenters. The number of aryl methyl sites for hydroxylation is 1. The number of hydrogen-bond acceptors (Lipinski definition) is 3. The molecule has 3 aromatic rings. The summed E-state index contributed by atoms with van der Waals surface area (Å²) in [6.07, 6.45) is 2.51. The van der Waals surface area contributed by atoms with E-state index >= 15 is 0 Å². The highest BCUT2D eigenvalue weighted by Gasteiger charge is 2.04. The molecular weight excluding hydrogens is 270 g/mol. The maximum atomic E-state index is 5.79. The Morgan fingerprint density at radius 1 is 0.818 bits per heavy atom. The van der Waals surface area contributed by atoms with Gasteiger partial charge in [0.05, 0.1) is 11.4 Å². The minimum atomic E-state index is 0.647. The summed E-state index contributed by atoms with van der Waals surface area (Å²) < 4.78 is 0. The molecule has 3 nitrogen and oxygen atoms in total. The lowest BCUT2D eigenvalue weighted by Crippen LogP contribution is -2.10. The first-order valence-corrected chi connectivity index (χ1v) is 7.60. The van der Waals surface area contributed by atoms with Crippen LogP contribution in [0, 0.1) is 0 Å². The van der Waals surface area contributed by atoms with Crippen molar-refractivity contribution in [1.29, 1.82) is 0 Å². The predicted molar refractivity (Wildman–Crippen MR) is 96.0 cm³/mol. The lowest BCUT2D eigenvalue weighted by molar-refractivity contribution is 0.830. The fraction of sp³-hybridized carbons (Fsp3) is 0.158. The van der Waals surface area contributed by atoms with Crippen molar-refractivity contribution in [2.75, 3.05) is 23.3 Å². The van der Waals surface area contributed by atoms with Crippen LogP contribution >= 0.6 is 0 Å². The Morgan fingerprint density at radius 3 is 2.45 bits per heavy atom. The van der Waals surface area contributed by atoms with Gasteiger partial charge in [-0.15, -0.1) is 0 Å². The van der Waals surface area contributed by atoms with Gasteiger partial charge in [0, 0.05) is 17.6 Å². The zero-order valence-corrected chi connectivity index (χ0v) is 12.5. The highest BCUT2D eigenvalue weighted by molar-refractivity contribution is 5.98. The second-order valence-electron chi connectivity index (χ2n) is 5.48. The fourth-order valence-corrected chi connectivity index (χ4v) is 2.73. The molecule has 112 valence electrons. The first-order valence-electron chi connectivity index (χ1n) is 7.60. The molecule has 1 aliphatic heterocycles. The first kappa shape index (κ1) is 14.3. The molecule has 3 heteroatoms. The van der Waals surface area contributed by atoms with Gasteiger partial charge < -0.3 is 16.8 Å². The van der Waals surface area contributed by atoms with E-state index in [0.717, 1.165) is 17.3 Å². The SMILES string of the molecule is Nc1ccc2ccccc2c1N.c1ccc2c(c1)CCCN2. The number of nitrogens with one attached hydrogen (secondary N) is 1. The van der Waals surface area contributed by atoms with Crippen LogP contribution in [0.2, 0.25) is 0 Å². The van der Waals surface area contributed by atoms with Crippen LogP contribution in [0.1, 0.15) is 12.0 Å². The first-order chi connectivity index (χ1) is 10.8. The van der Waals surface area contributed by atoms with E-state index in [9.17, 15) is 0 Å². The van der Waals surface area contributed by atoms with Gasteiger partial charge in [-0.05, 0) is 35.9 Å². The molecule has 0 aromatic heterocycles. The van der Waals surface area contributed by atoms with Crippen molar-refractivity contribution in [2.24, 2.45) is 0 Å². The minimum Gasteiger partial charge on any atom is -0.397 e. The summed E-state index contributed by atoms with van der Waals surface area (Å²) in [4.78, 5) is 0. The van der Waals surface area contributed by atoms with Gasteiger partial charge in [0.15, 0.2) is 0 Å². The Morgan fingerprint density at radius 2 is 1.59 bits per heavy atom. The maximum absolute atomic E-state index is 5.79. The number of nitrogen functional groups attached to an aromatic ring is 2. The molecule has 0 radical (unpaired) electrons. The maximum Gasteiger partial charge on any atom is 0.0627 e. The summed E-state index contributed by atoms with van der Waals surface area (Å²) in [5.74, 6) is 0. The highest BCUT2D eigenvalue weighted by Crippen LogP contribution is 2.25. The summed E-state index contributed by atoms with van der Waals surface area (Å²) in [7, 11) is 0. The van der Waals surface area contributed by atoms with Gasteiger partial charge in [-0.1, -0.05) is 48.5 Å². The van der Waals surface area contributed by atoms with Crippen molar-refractivity contribution in [3.05, 3.63) is 66.2 Å². The van der Waals surface area contributed by atoms with Gasteiger partial charge in [0.1, 0.15) is 0 Å². The molecule has 1 heterocycles. The van der Waals surface area contributed by atoms with E-state index in [-0.39, 0.29) is 0 Å². The monoisotopic (exact) mass is 291 g/mol. The standard InChI is InChI=1S/C10H10N2.C9H11N/c11-9-6-5-7-3-1-2-4-8(7)10(9)12;1-2-6-9-8(4-1)5-3-7-10-9/h1-6H,11-12H2;1-2,4,6,10H,3,5,7H2. The van der Waals surface area contributed by atoms with Crippen molar-refractivity contribution < 1.29 is 0 Å². The van der Waals surface area contributed by atoms with Crippen molar-refractivity contribution >= 4 is 27.8 Å². The summed E-state index contributed by atoms with van der Waals surface area (Å²) in [5, 5.41) is 5.52. The van der Waals surface area contributed by atoms with E-state index in [2.05, 4.69) is 29.6 Å². The molecule has 4 rings (SSSR count). The normalized spacial score (nSPS) is 12.7. The summed E-state index contributed by atoms with van der Waals surface area (Å²) in [6.45, 7) is 1.14. The number of para-hydroxylation sites is 1. The molecule has 0 saturated heterocycles. The third-order valence-corrected chi connectivity index (χ3v) is 3.96. The number of nitrogens with two attached hydrogens (primary N) is 2. The smallest absolute Gasteiger partial charge is 0.0627 e. The molecule has 0 aliphatic carbocycles. The quantitative estimate of drug-likeness (QED) is 0.547. The number of anilines is 3. The lowest BCUT2D eigenvalue weighted by atomic mass is 10.0. The topological polar surface area (TPSA) is 64.1 Å². The van der Waals surface area contributed by atoms with Crippen LogP contribution in [0.15, 0.2) is 60.7 Å². The van der Waals surface area contributed by atoms with E-state index in [1.165, 1.54) is 24.1 Å². The molecule has 3 aromatic carbocycles.